The lowest BCUT2D eigenvalue weighted by molar-refractivity contribution is -0.255. The largest absolute Gasteiger partial charge is 0.545 e. The minimum Gasteiger partial charge on any atom is -0.545 e. The minimum absolute atomic E-state index is 0.124. The smallest absolute Gasteiger partial charge is 0.330 e. The van der Waals surface area contributed by atoms with Crippen molar-refractivity contribution in [2.75, 3.05) is 17.6 Å². The average molecular weight is 503 g/mol. The summed E-state index contributed by atoms with van der Waals surface area (Å²) in [6, 6.07) is 9.65. The van der Waals surface area contributed by atoms with Gasteiger partial charge >= 0.3 is 12.0 Å². The van der Waals surface area contributed by atoms with Crippen LogP contribution in [0.4, 0.5) is 14.9 Å². The molecular weight excluding hydrogens is 477 g/mol. The molecule has 0 aliphatic carbocycles. The molecule has 2 N–H and O–H groups in total. The number of aromatic carboxylic acids is 1. The third-order valence-electron chi connectivity index (χ3n) is 4.89. The highest BCUT2D eigenvalue weighted by molar-refractivity contribution is 7.99. The molecule has 1 aliphatic rings. The van der Waals surface area contributed by atoms with Crippen LogP contribution in [0.1, 0.15) is 42.1 Å². The first-order chi connectivity index (χ1) is 16.5. The predicted molar refractivity (Wildman–Crippen MR) is 126 cm³/mol. The molecule has 1 aliphatic heterocycles. The van der Waals surface area contributed by atoms with E-state index in [0.29, 0.717) is 0 Å². The minimum atomic E-state index is -1.40. The molecule has 9 nitrogen and oxygen atoms in total. The molecule has 2 unspecified atom stereocenters. The number of carbonyl (C=O) groups excluding carboxylic acids is 4. The molecule has 2 atom stereocenters. The highest BCUT2D eigenvalue weighted by Crippen LogP contribution is 2.42. The molecule has 0 aromatic heterocycles. The number of benzene rings is 2. The van der Waals surface area contributed by atoms with E-state index >= 15 is 0 Å². The number of hydrogen-bond acceptors (Lipinski definition) is 7. The number of thioether (sulfide) groups is 1. The highest BCUT2D eigenvalue weighted by Gasteiger charge is 2.44. The highest BCUT2D eigenvalue weighted by atomic mass is 32.2. The molecule has 2 aromatic carbocycles. The molecular formula is C24H25FN3O6S-. The van der Waals surface area contributed by atoms with Gasteiger partial charge in [0.25, 0.3) is 0 Å². The van der Waals surface area contributed by atoms with Gasteiger partial charge < -0.3 is 30.2 Å². The number of urea groups is 1. The number of halogens is 1. The molecule has 0 spiro atoms. The van der Waals surface area contributed by atoms with Crippen LogP contribution in [0.25, 0.3) is 0 Å². The molecule has 1 fully saturated rings. The van der Waals surface area contributed by atoms with E-state index in [-0.39, 0.29) is 22.6 Å². The molecule has 0 bridgehead atoms. The number of rotatable bonds is 6. The number of carboxylic acid groups (broad SMARTS) is 1. The zero-order chi connectivity index (χ0) is 25.8. The number of nitrogens with one attached hydrogen (secondary N) is 2. The Morgan fingerprint density at radius 3 is 2.51 bits per heavy atom. The second kappa shape index (κ2) is 10.8. The lowest BCUT2D eigenvalue weighted by Crippen LogP contribution is -2.49. The van der Waals surface area contributed by atoms with Crippen LogP contribution in [0.5, 0.6) is 0 Å². The zero-order valence-electron chi connectivity index (χ0n) is 19.4. The van der Waals surface area contributed by atoms with Crippen LogP contribution in [0.3, 0.4) is 0 Å². The Bertz CT molecular complexity index is 1140. The Balaban J connectivity index is 1.74. The number of esters is 1. The topological polar surface area (TPSA) is 128 Å². The third kappa shape index (κ3) is 6.72. The van der Waals surface area contributed by atoms with Crippen molar-refractivity contribution in [3.8, 4) is 0 Å². The summed E-state index contributed by atoms with van der Waals surface area (Å²) in [4.78, 5) is 50.5. The fourth-order valence-electron chi connectivity index (χ4n) is 3.42. The van der Waals surface area contributed by atoms with Crippen molar-refractivity contribution in [2.45, 2.75) is 37.8 Å². The summed E-state index contributed by atoms with van der Waals surface area (Å²) in [7, 11) is 0. The van der Waals surface area contributed by atoms with Gasteiger partial charge in [0.1, 0.15) is 22.8 Å². The van der Waals surface area contributed by atoms with E-state index in [0.717, 1.165) is 0 Å². The van der Waals surface area contributed by atoms with E-state index in [9.17, 15) is 28.7 Å². The number of hydrogen-bond donors (Lipinski definition) is 2. The van der Waals surface area contributed by atoms with Crippen LogP contribution in [0, 0.1) is 5.82 Å². The van der Waals surface area contributed by atoms with Crippen molar-refractivity contribution in [3.05, 3.63) is 65.5 Å². The number of ether oxygens (including phenoxy) is 1. The van der Waals surface area contributed by atoms with Crippen LogP contribution in [0.2, 0.25) is 0 Å². The van der Waals surface area contributed by atoms with Crippen molar-refractivity contribution in [1.82, 2.24) is 10.2 Å². The fraction of sp³-hybridized carbons (Fsp3) is 0.333. The number of amides is 3. The number of carboxylic acids is 1. The van der Waals surface area contributed by atoms with Crippen LogP contribution in [-0.2, 0) is 14.3 Å². The number of anilines is 1. The molecule has 186 valence electrons. The van der Waals surface area contributed by atoms with Gasteiger partial charge in [-0.05, 0) is 44.5 Å². The molecule has 1 heterocycles. The summed E-state index contributed by atoms with van der Waals surface area (Å²) in [6.45, 7) is 4.62. The van der Waals surface area contributed by atoms with Crippen LogP contribution in [-0.4, -0.2) is 52.7 Å². The predicted octanol–water partition coefficient (Wildman–Crippen LogP) is 2.30. The van der Waals surface area contributed by atoms with Gasteiger partial charge in [-0.2, -0.15) is 0 Å². The molecule has 11 heteroatoms. The van der Waals surface area contributed by atoms with Crippen molar-refractivity contribution < 1.29 is 33.4 Å². The van der Waals surface area contributed by atoms with Gasteiger partial charge in [-0.1, -0.05) is 30.3 Å². The first kappa shape index (κ1) is 26.0. The van der Waals surface area contributed by atoms with E-state index < -0.39 is 53.3 Å². The lowest BCUT2D eigenvalue weighted by atomic mass is 10.1. The first-order valence-electron chi connectivity index (χ1n) is 10.7. The van der Waals surface area contributed by atoms with Crippen LogP contribution < -0.4 is 15.7 Å². The van der Waals surface area contributed by atoms with Crippen molar-refractivity contribution >= 4 is 41.3 Å². The molecule has 3 rings (SSSR count). The van der Waals surface area contributed by atoms with Gasteiger partial charge in [-0.25, -0.2) is 14.0 Å². The maximum Gasteiger partial charge on any atom is 0.330 e. The van der Waals surface area contributed by atoms with Crippen molar-refractivity contribution in [3.63, 3.8) is 0 Å². The maximum absolute atomic E-state index is 14.5. The second-order valence-corrected chi connectivity index (χ2v) is 9.85. The van der Waals surface area contributed by atoms with Gasteiger partial charge in [0.2, 0.25) is 5.91 Å². The van der Waals surface area contributed by atoms with E-state index in [1.807, 2.05) is 0 Å². The molecule has 0 saturated carbocycles. The van der Waals surface area contributed by atoms with Crippen molar-refractivity contribution in [1.29, 1.82) is 0 Å². The van der Waals surface area contributed by atoms with Crippen molar-refractivity contribution in [2.24, 2.45) is 0 Å². The first-order valence-corrected chi connectivity index (χ1v) is 11.8. The zero-order valence-corrected chi connectivity index (χ0v) is 20.2. The van der Waals surface area contributed by atoms with Crippen LogP contribution >= 0.6 is 11.8 Å². The summed E-state index contributed by atoms with van der Waals surface area (Å²) in [6.07, 6.45) is 0. The quantitative estimate of drug-likeness (QED) is 0.580. The second-order valence-electron chi connectivity index (χ2n) is 8.73. The Labute approximate surface area is 206 Å². The normalized spacial score (nSPS) is 17.5. The summed E-state index contributed by atoms with van der Waals surface area (Å²) in [5, 5.41) is 15.0. The molecule has 3 amide bonds. The van der Waals surface area contributed by atoms with Gasteiger partial charge in [-0.15, -0.1) is 11.8 Å². The van der Waals surface area contributed by atoms with E-state index in [1.54, 1.807) is 26.8 Å². The number of nitrogens with zero attached hydrogens (tertiary/aromatic N) is 1. The summed E-state index contributed by atoms with van der Waals surface area (Å²) < 4.78 is 20.0. The molecule has 1 saturated heterocycles. The van der Waals surface area contributed by atoms with E-state index in [4.69, 9.17) is 4.74 Å². The third-order valence-corrected chi connectivity index (χ3v) is 6.20. The standard InChI is InChI=1S/C24H26FN3O6S/c1-24(2,3)34-22(32)18-13-35-20(16-9-4-5-10-17(16)25)28(18)19(29)12-26-23(33)27-15-8-6-7-14(11-15)21(30)31/h4-11,18,20H,12-13H2,1-3H3,(H,30,31)(H2,26,27,33)/p-1. The van der Waals surface area contributed by atoms with Gasteiger partial charge in [-0.3, -0.25) is 4.79 Å². The number of carbonyl (C=O) groups is 4. The summed E-state index contributed by atoms with van der Waals surface area (Å²) in [5.41, 5.74) is -0.490. The summed E-state index contributed by atoms with van der Waals surface area (Å²) in [5.74, 6) is -2.96. The molecule has 0 radical (unpaired) electrons. The van der Waals surface area contributed by atoms with E-state index in [2.05, 4.69) is 10.6 Å². The Morgan fingerprint density at radius 1 is 1.14 bits per heavy atom. The molecule has 2 aromatic rings. The Hall–Kier alpha value is -3.60. The fourth-order valence-corrected chi connectivity index (χ4v) is 4.88. The maximum atomic E-state index is 14.5. The summed E-state index contributed by atoms with van der Waals surface area (Å²) >= 11 is 1.22. The monoisotopic (exact) mass is 502 g/mol. The van der Waals surface area contributed by atoms with Gasteiger partial charge in [0, 0.05) is 17.0 Å². The van der Waals surface area contributed by atoms with Crippen LogP contribution in [0.15, 0.2) is 48.5 Å². The SMILES string of the molecule is CC(C)(C)OC(=O)C1CSC(c2ccccc2F)N1C(=O)CNC(=O)Nc1cccc(C(=O)[O-])c1. The van der Waals surface area contributed by atoms with Gasteiger partial charge in [0.15, 0.2) is 0 Å². The Morgan fingerprint density at radius 2 is 1.86 bits per heavy atom. The van der Waals surface area contributed by atoms with E-state index in [1.165, 1.54) is 59.1 Å². The Kier molecular flexibility index (Phi) is 8.00. The molecule has 35 heavy (non-hydrogen) atoms. The van der Waals surface area contributed by atoms with Gasteiger partial charge in [0.05, 0.1) is 12.5 Å². The lowest BCUT2D eigenvalue weighted by Gasteiger charge is -2.30. The average Bonchev–Trinajstić information content (AvgIpc) is 3.22.